The van der Waals surface area contributed by atoms with Crippen LogP contribution >= 0.6 is 0 Å². The van der Waals surface area contributed by atoms with Gasteiger partial charge in [0.1, 0.15) is 11.3 Å². The third-order valence-corrected chi connectivity index (χ3v) is 4.08. The molecule has 0 aromatic carbocycles. The van der Waals surface area contributed by atoms with Crippen LogP contribution in [0.1, 0.15) is 49.7 Å². The van der Waals surface area contributed by atoms with E-state index in [1.807, 2.05) is 25.7 Å². The van der Waals surface area contributed by atoms with Crippen molar-refractivity contribution >= 4 is 12.0 Å². The quantitative estimate of drug-likeness (QED) is 0.847. The molecule has 7 heteroatoms. The van der Waals surface area contributed by atoms with Crippen LogP contribution in [0, 0.1) is 0 Å². The molecular formula is C18H28N4O3. The average molecular weight is 348 g/mol. The van der Waals surface area contributed by atoms with Gasteiger partial charge < -0.3 is 15.0 Å². The fourth-order valence-electron chi connectivity index (χ4n) is 2.91. The third-order valence-electron chi connectivity index (χ3n) is 4.08. The normalized spacial score (nSPS) is 15.8. The number of hydrogen-bond acceptors (Lipinski definition) is 4. The van der Waals surface area contributed by atoms with Crippen molar-refractivity contribution in [1.29, 1.82) is 0 Å². The molecule has 0 aliphatic carbocycles. The van der Waals surface area contributed by atoms with Gasteiger partial charge in [-0.05, 0) is 40.0 Å². The molecule has 0 spiro atoms. The lowest BCUT2D eigenvalue weighted by atomic mass is 10.0. The molecule has 25 heavy (non-hydrogen) atoms. The number of carbonyl (C=O) groups is 2. The number of allylic oxidation sites excluding steroid dienone is 1. The lowest BCUT2D eigenvalue weighted by molar-refractivity contribution is 0.0472. The number of likely N-dealkylation sites (tertiary alicyclic amines) is 1. The Morgan fingerprint density at radius 1 is 1.40 bits per heavy atom. The van der Waals surface area contributed by atoms with Gasteiger partial charge in [-0.2, -0.15) is 5.10 Å². The highest BCUT2D eigenvalue weighted by molar-refractivity contribution is 5.94. The minimum atomic E-state index is -0.512. The number of nitrogens with zero attached hydrogens (tertiary/aromatic N) is 3. The molecule has 1 N–H and O–H groups in total. The van der Waals surface area contributed by atoms with Gasteiger partial charge >= 0.3 is 6.09 Å². The van der Waals surface area contributed by atoms with Crippen LogP contribution in [0.2, 0.25) is 0 Å². The molecule has 1 aromatic rings. The Bertz CT molecular complexity index is 637. The Morgan fingerprint density at radius 2 is 2.04 bits per heavy atom. The fraction of sp³-hybridized carbons (Fsp3) is 0.611. The molecule has 1 fully saturated rings. The predicted molar refractivity (Wildman–Crippen MR) is 95.4 cm³/mol. The number of ether oxygens (including phenoxy) is 1. The highest BCUT2D eigenvalue weighted by atomic mass is 16.6. The molecule has 138 valence electrons. The van der Waals surface area contributed by atoms with Gasteiger partial charge in [-0.1, -0.05) is 6.08 Å². The molecule has 2 amide bonds. The molecule has 2 heterocycles. The zero-order chi connectivity index (χ0) is 18.6. The molecule has 1 aliphatic heterocycles. The summed E-state index contributed by atoms with van der Waals surface area (Å²) in [5.41, 5.74) is 0.983. The standard InChI is InChI=1S/C18H28N4O3/c1-6-7-13-12-19-21(5)15(13)16(23)22-10-8-14(9-11-22)20-17(24)25-18(2,3)4/h6,12,14H,1,7-11H2,2-5H3,(H,20,24). The van der Waals surface area contributed by atoms with Crippen LogP contribution in [0.5, 0.6) is 0 Å². The summed E-state index contributed by atoms with van der Waals surface area (Å²) in [4.78, 5) is 26.5. The van der Waals surface area contributed by atoms with Crippen LogP contribution in [-0.4, -0.2) is 51.4 Å². The van der Waals surface area contributed by atoms with E-state index in [1.54, 1.807) is 24.0 Å². The largest absolute Gasteiger partial charge is 0.444 e. The predicted octanol–water partition coefficient (Wildman–Crippen LogP) is 2.28. The van der Waals surface area contributed by atoms with E-state index >= 15 is 0 Å². The van der Waals surface area contributed by atoms with Crippen LogP contribution in [0.4, 0.5) is 4.79 Å². The lowest BCUT2D eigenvalue weighted by Gasteiger charge is -2.33. The maximum atomic E-state index is 12.8. The lowest BCUT2D eigenvalue weighted by Crippen LogP contribution is -2.48. The van der Waals surface area contributed by atoms with Crippen molar-refractivity contribution in [2.75, 3.05) is 13.1 Å². The second-order valence-electron chi connectivity index (χ2n) is 7.35. The molecule has 0 bridgehead atoms. The molecular weight excluding hydrogens is 320 g/mol. The van der Waals surface area contributed by atoms with Gasteiger partial charge in [-0.25, -0.2) is 4.79 Å². The van der Waals surface area contributed by atoms with Crippen molar-refractivity contribution < 1.29 is 14.3 Å². The highest BCUT2D eigenvalue weighted by Gasteiger charge is 2.28. The van der Waals surface area contributed by atoms with Crippen LogP contribution in [0.25, 0.3) is 0 Å². The number of alkyl carbamates (subject to hydrolysis) is 1. The van der Waals surface area contributed by atoms with E-state index in [9.17, 15) is 9.59 Å². The van der Waals surface area contributed by atoms with E-state index in [0.29, 0.717) is 38.0 Å². The maximum Gasteiger partial charge on any atom is 0.407 e. The smallest absolute Gasteiger partial charge is 0.407 e. The summed E-state index contributed by atoms with van der Waals surface area (Å²) in [6, 6.07) is 0.0260. The van der Waals surface area contributed by atoms with Crippen molar-refractivity contribution in [3.8, 4) is 0 Å². The number of rotatable bonds is 4. The first-order valence-corrected chi connectivity index (χ1v) is 8.62. The molecule has 1 saturated heterocycles. The summed E-state index contributed by atoms with van der Waals surface area (Å²) in [5.74, 6) is -0.0208. The van der Waals surface area contributed by atoms with E-state index in [4.69, 9.17) is 4.74 Å². The zero-order valence-corrected chi connectivity index (χ0v) is 15.5. The minimum absolute atomic E-state index is 0.0208. The zero-order valence-electron chi connectivity index (χ0n) is 15.5. The van der Waals surface area contributed by atoms with Gasteiger partial charge in [0, 0.05) is 31.7 Å². The number of nitrogens with one attached hydrogen (secondary N) is 1. The molecule has 1 aliphatic rings. The summed E-state index contributed by atoms with van der Waals surface area (Å²) in [6.07, 6.45) is 5.11. The van der Waals surface area contributed by atoms with Gasteiger partial charge in [0.15, 0.2) is 0 Å². The second kappa shape index (κ2) is 7.72. The Labute approximate surface area is 149 Å². The minimum Gasteiger partial charge on any atom is -0.444 e. The number of carbonyl (C=O) groups excluding carboxylic acids is 2. The van der Waals surface area contributed by atoms with Crippen LogP contribution in [0.3, 0.4) is 0 Å². The molecule has 0 saturated carbocycles. The average Bonchev–Trinajstić information content (AvgIpc) is 2.86. The molecule has 1 aromatic heterocycles. The number of aromatic nitrogens is 2. The number of aryl methyl sites for hydroxylation is 1. The van der Waals surface area contributed by atoms with Gasteiger partial charge in [-0.3, -0.25) is 9.48 Å². The summed E-state index contributed by atoms with van der Waals surface area (Å²) >= 11 is 0. The Morgan fingerprint density at radius 3 is 2.60 bits per heavy atom. The summed E-state index contributed by atoms with van der Waals surface area (Å²) in [5, 5.41) is 7.07. The topological polar surface area (TPSA) is 76.5 Å². The molecule has 7 nitrogen and oxygen atoms in total. The first-order valence-electron chi connectivity index (χ1n) is 8.62. The van der Waals surface area contributed by atoms with Crippen molar-refractivity contribution in [1.82, 2.24) is 20.0 Å². The Kier molecular flexibility index (Phi) is 5.87. The van der Waals surface area contributed by atoms with E-state index in [2.05, 4.69) is 17.0 Å². The molecule has 0 radical (unpaired) electrons. The van der Waals surface area contributed by atoms with E-state index in [1.165, 1.54) is 0 Å². The maximum absolute atomic E-state index is 12.8. The van der Waals surface area contributed by atoms with Crippen LogP contribution in [-0.2, 0) is 18.2 Å². The van der Waals surface area contributed by atoms with Gasteiger partial charge in [-0.15, -0.1) is 6.58 Å². The Hall–Kier alpha value is -2.31. The fourth-order valence-corrected chi connectivity index (χ4v) is 2.91. The van der Waals surface area contributed by atoms with Crippen molar-refractivity contribution in [3.05, 3.63) is 30.1 Å². The summed E-state index contributed by atoms with van der Waals surface area (Å²) in [7, 11) is 1.77. The molecule has 0 unspecified atom stereocenters. The Balaban J connectivity index is 1.92. The van der Waals surface area contributed by atoms with E-state index < -0.39 is 11.7 Å². The first kappa shape index (κ1) is 19.0. The third kappa shape index (κ3) is 5.08. The van der Waals surface area contributed by atoms with Crippen molar-refractivity contribution in [3.63, 3.8) is 0 Å². The number of amides is 2. The van der Waals surface area contributed by atoms with E-state index in [0.717, 1.165) is 5.56 Å². The monoisotopic (exact) mass is 348 g/mol. The number of hydrogen-bond donors (Lipinski definition) is 1. The molecule has 0 atom stereocenters. The molecule has 2 rings (SSSR count). The van der Waals surface area contributed by atoms with Crippen molar-refractivity contribution in [2.45, 2.75) is 51.7 Å². The first-order chi connectivity index (χ1) is 11.7. The number of piperidine rings is 1. The van der Waals surface area contributed by atoms with E-state index in [-0.39, 0.29) is 11.9 Å². The second-order valence-corrected chi connectivity index (χ2v) is 7.35. The van der Waals surface area contributed by atoms with Gasteiger partial charge in [0.25, 0.3) is 5.91 Å². The van der Waals surface area contributed by atoms with Gasteiger partial charge in [0.2, 0.25) is 0 Å². The summed E-state index contributed by atoms with van der Waals surface area (Å²) < 4.78 is 6.90. The van der Waals surface area contributed by atoms with Crippen LogP contribution in [0.15, 0.2) is 18.9 Å². The van der Waals surface area contributed by atoms with Gasteiger partial charge in [0.05, 0.1) is 6.20 Å². The SMILES string of the molecule is C=CCc1cnn(C)c1C(=O)N1CCC(NC(=O)OC(C)(C)C)CC1. The summed E-state index contributed by atoms with van der Waals surface area (Å²) in [6.45, 7) is 10.4. The highest BCUT2D eigenvalue weighted by Crippen LogP contribution is 2.17. The van der Waals surface area contributed by atoms with Crippen LogP contribution < -0.4 is 5.32 Å². The van der Waals surface area contributed by atoms with Crippen molar-refractivity contribution in [2.24, 2.45) is 7.05 Å².